The Morgan fingerprint density at radius 1 is 1.52 bits per heavy atom. The van der Waals surface area contributed by atoms with Crippen LogP contribution in [0.5, 0.6) is 0 Å². The molecule has 1 atom stereocenters. The zero-order valence-electron chi connectivity index (χ0n) is 12.0. The molecule has 1 amide bonds. The van der Waals surface area contributed by atoms with Crippen LogP contribution in [0.15, 0.2) is 35.3 Å². The average molecular weight is 286 g/mol. The van der Waals surface area contributed by atoms with Crippen molar-refractivity contribution in [3.8, 4) is 0 Å². The molecule has 3 rings (SSSR count). The van der Waals surface area contributed by atoms with Crippen molar-refractivity contribution in [1.29, 1.82) is 0 Å². The second-order valence-corrected chi connectivity index (χ2v) is 5.18. The van der Waals surface area contributed by atoms with E-state index in [4.69, 9.17) is 4.42 Å². The van der Waals surface area contributed by atoms with E-state index in [0.29, 0.717) is 18.2 Å². The Labute approximate surface area is 123 Å². The van der Waals surface area contributed by atoms with Crippen molar-refractivity contribution in [3.05, 3.63) is 42.2 Å². The van der Waals surface area contributed by atoms with Crippen molar-refractivity contribution in [2.45, 2.75) is 18.8 Å². The molecular weight excluding hydrogens is 268 g/mol. The summed E-state index contributed by atoms with van der Waals surface area (Å²) in [5.41, 5.74) is 1.21. The number of carbonyl (C=O) groups excluding carboxylic acids is 1. The molecule has 6 nitrogen and oxygen atoms in total. The molecule has 0 aromatic carbocycles. The number of oxazole rings is 1. The Kier molecular flexibility index (Phi) is 3.85. The highest BCUT2D eigenvalue weighted by atomic mass is 16.3. The number of rotatable bonds is 3. The zero-order chi connectivity index (χ0) is 14.7. The first-order valence-corrected chi connectivity index (χ1v) is 7.09. The minimum Gasteiger partial charge on any atom is -0.438 e. The Morgan fingerprint density at radius 3 is 3.19 bits per heavy atom. The average Bonchev–Trinajstić information content (AvgIpc) is 3.09. The SMILES string of the molecule is CNc1cc(C2CCCN(C(=O)c3cnco3)C2)ccn1. The van der Waals surface area contributed by atoms with Gasteiger partial charge in [-0.05, 0) is 30.5 Å². The van der Waals surface area contributed by atoms with Crippen molar-refractivity contribution < 1.29 is 9.21 Å². The smallest absolute Gasteiger partial charge is 0.291 e. The number of piperidine rings is 1. The summed E-state index contributed by atoms with van der Waals surface area (Å²) in [5, 5.41) is 3.05. The highest BCUT2D eigenvalue weighted by molar-refractivity contribution is 5.91. The molecule has 1 fully saturated rings. The van der Waals surface area contributed by atoms with Gasteiger partial charge in [-0.15, -0.1) is 0 Å². The van der Waals surface area contributed by atoms with Gasteiger partial charge in [-0.2, -0.15) is 0 Å². The molecule has 21 heavy (non-hydrogen) atoms. The van der Waals surface area contributed by atoms with Crippen LogP contribution in [0.1, 0.15) is 34.9 Å². The van der Waals surface area contributed by atoms with Crippen LogP contribution >= 0.6 is 0 Å². The first-order chi connectivity index (χ1) is 10.3. The van der Waals surface area contributed by atoms with Crippen LogP contribution in [0.2, 0.25) is 0 Å². The van der Waals surface area contributed by atoms with Gasteiger partial charge in [0.2, 0.25) is 5.76 Å². The van der Waals surface area contributed by atoms with Crippen LogP contribution in [0.3, 0.4) is 0 Å². The maximum absolute atomic E-state index is 12.3. The summed E-state index contributed by atoms with van der Waals surface area (Å²) in [6.07, 6.45) is 6.63. The van der Waals surface area contributed by atoms with Gasteiger partial charge in [-0.1, -0.05) is 0 Å². The van der Waals surface area contributed by atoms with Crippen LogP contribution in [0.4, 0.5) is 5.82 Å². The molecule has 2 aromatic rings. The summed E-state index contributed by atoms with van der Waals surface area (Å²) < 4.78 is 5.10. The summed E-state index contributed by atoms with van der Waals surface area (Å²) in [7, 11) is 1.85. The molecule has 2 aromatic heterocycles. The summed E-state index contributed by atoms with van der Waals surface area (Å²) >= 11 is 0. The van der Waals surface area contributed by atoms with Crippen LogP contribution in [-0.4, -0.2) is 40.9 Å². The van der Waals surface area contributed by atoms with E-state index in [1.165, 1.54) is 18.2 Å². The van der Waals surface area contributed by atoms with Crippen molar-refractivity contribution in [2.24, 2.45) is 0 Å². The van der Waals surface area contributed by atoms with E-state index in [9.17, 15) is 4.79 Å². The maximum Gasteiger partial charge on any atom is 0.291 e. The van der Waals surface area contributed by atoms with Gasteiger partial charge >= 0.3 is 0 Å². The number of carbonyl (C=O) groups is 1. The van der Waals surface area contributed by atoms with Crippen LogP contribution in [0.25, 0.3) is 0 Å². The predicted octanol–water partition coefficient (Wildman–Crippen LogP) is 2.13. The first kappa shape index (κ1) is 13.6. The Balaban J connectivity index is 1.75. The van der Waals surface area contributed by atoms with E-state index >= 15 is 0 Å². The van der Waals surface area contributed by atoms with Crippen LogP contribution in [-0.2, 0) is 0 Å². The zero-order valence-corrected chi connectivity index (χ0v) is 12.0. The van der Waals surface area contributed by atoms with E-state index in [1.807, 2.05) is 24.1 Å². The van der Waals surface area contributed by atoms with Crippen molar-refractivity contribution >= 4 is 11.7 Å². The number of amides is 1. The van der Waals surface area contributed by atoms with Gasteiger partial charge in [-0.25, -0.2) is 9.97 Å². The van der Waals surface area contributed by atoms with E-state index in [2.05, 4.69) is 15.3 Å². The van der Waals surface area contributed by atoms with Crippen molar-refractivity contribution in [3.63, 3.8) is 0 Å². The molecule has 0 spiro atoms. The summed E-state index contributed by atoms with van der Waals surface area (Å²) in [6, 6.07) is 4.07. The maximum atomic E-state index is 12.3. The standard InChI is InChI=1S/C15H18N4O2/c1-16-14-7-11(4-5-18-14)12-3-2-6-19(9-12)15(20)13-8-17-10-21-13/h4-5,7-8,10,12H,2-3,6,9H2,1H3,(H,16,18). The number of hydrogen-bond acceptors (Lipinski definition) is 5. The van der Waals surface area contributed by atoms with Gasteiger partial charge < -0.3 is 14.6 Å². The van der Waals surface area contributed by atoms with Gasteiger partial charge in [0, 0.05) is 32.3 Å². The molecule has 3 heterocycles. The minimum absolute atomic E-state index is 0.0832. The monoisotopic (exact) mass is 286 g/mol. The third-order valence-corrected chi connectivity index (χ3v) is 3.86. The van der Waals surface area contributed by atoms with E-state index < -0.39 is 0 Å². The molecule has 0 bridgehead atoms. The quantitative estimate of drug-likeness (QED) is 0.936. The molecule has 1 aliphatic heterocycles. The Hall–Kier alpha value is -2.37. The third-order valence-electron chi connectivity index (χ3n) is 3.86. The lowest BCUT2D eigenvalue weighted by atomic mass is 9.91. The summed E-state index contributed by atoms with van der Waals surface area (Å²) in [6.45, 7) is 1.46. The minimum atomic E-state index is -0.0832. The number of nitrogens with zero attached hydrogens (tertiary/aromatic N) is 3. The third kappa shape index (κ3) is 2.89. The van der Waals surface area contributed by atoms with Gasteiger partial charge in [0.1, 0.15) is 5.82 Å². The number of nitrogens with one attached hydrogen (secondary N) is 1. The second-order valence-electron chi connectivity index (χ2n) is 5.18. The second kappa shape index (κ2) is 5.95. The van der Waals surface area contributed by atoms with Gasteiger partial charge in [0.15, 0.2) is 6.39 Å². The first-order valence-electron chi connectivity index (χ1n) is 7.09. The fourth-order valence-corrected chi connectivity index (χ4v) is 2.75. The Bertz CT molecular complexity index is 612. The lowest BCUT2D eigenvalue weighted by Gasteiger charge is -2.32. The van der Waals surface area contributed by atoms with Crippen molar-refractivity contribution in [1.82, 2.24) is 14.9 Å². The Morgan fingerprint density at radius 2 is 2.43 bits per heavy atom. The van der Waals surface area contributed by atoms with Gasteiger partial charge in [0.05, 0.1) is 6.20 Å². The molecule has 1 saturated heterocycles. The number of anilines is 1. The van der Waals surface area contributed by atoms with Crippen LogP contribution < -0.4 is 5.32 Å². The molecule has 0 radical (unpaired) electrons. The number of aromatic nitrogens is 2. The lowest BCUT2D eigenvalue weighted by Crippen LogP contribution is -2.39. The van der Waals surface area contributed by atoms with Gasteiger partial charge in [-0.3, -0.25) is 4.79 Å². The van der Waals surface area contributed by atoms with Gasteiger partial charge in [0.25, 0.3) is 5.91 Å². The number of hydrogen-bond donors (Lipinski definition) is 1. The van der Waals surface area contributed by atoms with E-state index in [0.717, 1.165) is 25.2 Å². The molecule has 6 heteroatoms. The fraction of sp³-hybridized carbons (Fsp3) is 0.400. The highest BCUT2D eigenvalue weighted by Crippen LogP contribution is 2.28. The van der Waals surface area contributed by atoms with Crippen molar-refractivity contribution in [2.75, 3.05) is 25.5 Å². The molecule has 1 aliphatic rings. The van der Waals surface area contributed by atoms with E-state index in [-0.39, 0.29) is 5.91 Å². The van der Waals surface area contributed by atoms with E-state index in [1.54, 1.807) is 6.20 Å². The molecule has 0 saturated carbocycles. The number of pyridine rings is 1. The molecule has 0 aliphatic carbocycles. The fourth-order valence-electron chi connectivity index (χ4n) is 2.75. The molecular formula is C15H18N4O2. The molecule has 110 valence electrons. The highest BCUT2D eigenvalue weighted by Gasteiger charge is 2.27. The summed E-state index contributed by atoms with van der Waals surface area (Å²) in [4.78, 5) is 22.2. The topological polar surface area (TPSA) is 71.3 Å². The molecule has 1 unspecified atom stereocenters. The van der Waals surface area contributed by atoms with Crippen LogP contribution in [0, 0.1) is 0 Å². The molecule has 1 N–H and O–H groups in total. The lowest BCUT2D eigenvalue weighted by molar-refractivity contribution is 0.0675. The summed E-state index contributed by atoms with van der Waals surface area (Å²) in [5.74, 6) is 1.41. The largest absolute Gasteiger partial charge is 0.438 e. The number of likely N-dealkylation sites (tertiary alicyclic amines) is 1. The predicted molar refractivity (Wildman–Crippen MR) is 78.2 cm³/mol. The normalized spacial score (nSPS) is 18.5.